The first-order chi connectivity index (χ1) is 13.1. The number of hydrogen-bond acceptors (Lipinski definition) is 4. The van der Waals surface area contributed by atoms with E-state index in [1.807, 2.05) is 6.92 Å². The molecule has 0 aliphatic rings. The fraction of sp³-hybridized carbons (Fsp3) is 0.143. The maximum Gasteiger partial charge on any atom is 0.150 e. The van der Waals surface area contributed by atoms with Crippen LogP contribution in [0.25, 0.3) is 0 Å². The van der Waals surface area contributed by atoms with Crippen molar-refractivity contribution in [2.45, 2.75) is 13.5 Å². The van der Waals surface area contributed by atoms with E-state index in [4.69, 9.17) is 19.9 Å². The second-order valence-electron chi connectivity index (χ2n) is 5.69. The van der Waals surface area contributed by atoms with Crippen molar-refractivity contribution in [3.63, 3.8) is 0 Å². The molecule has 0 heterocycles. The minimum atomic E-state index is -0.638. The third kappa shape index (κ3) is 5.27. The van der Waals surface area contributed by atoms with Gasteiger partial charge in [-0.2, -0.15) is 0 Å². The molecule has 0 saturated carbocycles. The predicted octanol–water partition coefficient (Wildman–Crippen LogP) is 5.74. The molecule has 0 saturated heterocycles. The van der Waals surface area contributed by atoms with Gasteiger partial charge in [0, 0.05) is 6.07 Å². The van der Waals surface area contributed by atoms with Gasteiger partial charge in [0.2, 0.25) is 0 Å². The molecule has 0 aromatic heterocycles. The lowest BCUT2D eigenvalue weighted by atomic mass is 10.2. The van der Waals surface area contributed by atoms with Gasteiger partial charge in [-0.1, -0.05) is 6.07 Å². The van der Waals surface area contributed by atoms with Crippen LogP contribution < -0.4 is 19.9 Å². The first-order valence-electron chi connectivity index (χ1n) is 8.42. The van der Waals surface area contributed by atoms with Gasteiger partial charge in [0.1, 0.15) is 35.5 Å². The highest BCUT2D eigenvalue weighted by Crippen LogP contribution is 2.31. The largest absolute Gasteiger partial charge is 0.494 e. The second kappa shape index (κ2) is 9.80. The van der Waals surface area contributed by atoms with Gasteiger partial charge in [0.25, 0.3) is 0 Å². The Bertz CT molecular complexity index is 900. The van der Waals surface area contributed by atoms with Gasteiger partial charge in [-0.05, 0) is 55.5 Å². The minimum absolute atomic E-state index is 0. The number of nitrogen functional groups attached to an aromatic ring is 1. The van der Waals surface area contributed by atoms with Gasteiger partial charge in [-0.25, -0.2) is 8.78 Å². The Morgan fingerprint density at radius 1 is 0.821 bits per heavy atom. The summed E-state index contributed by atoms with van der Waals surface area (Å²) in [6.45, 7) is 2.24. The summed E-state index contributed by atoms with van der Waals surface area (Å²) in [5, 5.41) is 0. The minimum Gasteiger partial charge on any atom is -0.494 e. The van der Waals surface area contributed by atoms with Gasteiger partial charge in [-0.15, -0.1) is 12.4 Å². The number of anilines is 1. The molecule has 0 atom stereocenters. The third-order valence-corrected chi connectivity index (χ3v) is 3.79. The zero-order valence-corrected chi connectivity index (χ0v) is 16.0. The quantitative estimate of drug-likeness (QED) is 0.507. The molecule has 0 aliphatic carbocycles. The number of hydrogen-bond donors (Lipinski definition) is 1. The van der Waals surface area contributed by atoms with E-state index in [1.165, 1.54) is 18.2 Å². The molecular formula is C21H20ClF2NO3. The van der Waals surface area contributed by atoms with Crippen LogP contribution in [0.3, 0.4) is 0 Å². The van der Waals surface area contributed by atoms with E-state index >= 15 is 0 Å². The summed E-state index contributed by atoms with van der Waals surface area (Å²) in [6, 6.07) is 15.6. The predicted molar refractivity (Wildman–Crippen MR) is 106 cm³/mol. The zero-order chi connectivity index (χ0) is 19.2. The molecule has 28 heavy (non-hydrogen) atoms. The Morgan fingerprint density at radius 2 is 1.43 bits per heavy atom. The van der Waals surface area contributed by atoms with Crippen molar-refractivity contribution in [2.75, 3.05) is 12.3 Å². The molecule has 0 radical (unpaired) electrons. The Balaban J connectivity index is 0.00000280. The molecule has 0 amide bonds. The average molecular weight is 408 g/mol. The van der Waals surface area contributed by atoms with Crippen molar-refractivity contribution >= 4 is 18.1 Å². The zero-order valence-electron chi connectivity index (χ0n) is 15.2. The van der Waals surface area contributed by atoms with Crippen molar-refractivity contribution < 1.29 is 23.0 Å². The van der Waals surface area contributed by atoms with E-state index in [0.717, 1.165) is 0 Å². The van der Waals surface area contributed by atoms with Crippen molar-refractivity contribution in [2.24, 2.45) is 0 Å². The summed E-state index contributed by atoms with van der Waals surface area (Å²) in [5.74, 6) is 0.911. The van der Waals surface area contributed by atoms with Crippen LogP contribution in [0.5, 0.6) is 23.0 Å². The number of benzene rings is 3. The molecule has 2 N–H and O–H groups in total. The van der Waals surface area contributed by atoms with Gasteiger partial charge in [0.05, 0.1) is 17.9 Å². The van der Waals surface area contributed by atoms with Gasteiger partial charge >= 0.3 is 0 Å². The Hall–Kier alpha value is -2.99. The van der Waals surface area contributed by atoms with Crippen molar-refractivity contribution in [3.05, 3.63) is 77.9 Å². The van der Waals surface area contributed by atoms with Crippen molar-refractivity contribution in [1.29, 1.82) is 0 Å². The Kier molecular flexibility index (Phi) is 7.46. The van der Waals surface area contributed by atoms with Crippen LogP contribution >= 0.6 is 12.4 Å². The molecule has 0 unspecified atom stereocenters. The molecule has 0 spiro atoms. The molecular weight excluding hydrogens is 388 g/mol. The second-order valence-corrected chi connectivity index (χ2v) is 5.69. The molecule has 148 valence electrons. The SMILES string of the molecule is CCOc1ccc(Oc2ccc(OCc3c(F)cccc3F)cc2)c(N)c1.Cl. The molecule has 3 aromatic carbocycles. The summed E-state index contributed by atoms with van der Waals surface area (Å²) >= 11 is 0. The third-order valence-electron chi connectivity index (χ3n) is 3.79. The molecule has 3 aromatic rings. The summed E-state index contributed by atoms with van der Waals surface area (Å²) in [7, 11) is 0. The smallest absolute Gasteiger partial charge is 0.150 e. The number of rotatable bonds is 7. The highest BCUT2D eigenvalue weighted by atomic mass is 35.5. The van der Waals surface area contributed by atoms with Crippen LogP contribution in [0.4, 0.5) is 14.5 Å². The van der Waals surface area contributed by atoms with E-state index in [1.54, 1.807) is 42.5 Å². The molecule has 0 aliphatic heterocycles. The van der Waals surface area contributed by atoms with Crippen LogP contribution in [-0.2, 0) is 6.61 Å². The number of halogens is 3. The first-order valence-corrected chi connectivity index (χ1v) is 8.42. The highest BCUT2D eigenvalue weighted by Gasteiger charge is 2.09. The fourth-order valence-electron chi connectivity index (χ4n) is 2.43. The Labute approximate surface area is 168 Å². The van der Waals surface area contributed by atoms with Gasteiger partial charge in [-0.3, -0.25) is 0 Å². The van der Waals surface area contributed by atoms with Crippen LogP contribution in [-0.4, -0.2) is 6.61 Å². The van der Waals surface area contributed by atoms with E-state index in [2.05, 4.69) is 0 Å². The van der Waals surface area contributed by atoms with Crippen LogP contribution in [0.15, 0.2) is 60.7 Å². The average Bonchev–Trinajstić information content (AvgIpc) is 2.65. The molecule has 4 nitrogen and oxygen atoms in total. The summed E-state index contributed by atoms with van der Waals surface area (Å²) in [5.41, 5.74) is 6.31. The maximum atomic E-state index is 13.6. The molecule has 0 fully saturated rings. The maximum absolute atomic E-state index is 13.6. The van der Waals surface area contributed by atoms with Crippen LogP contribution in [0.1, 0.15) is 12.5 Å². The monoisotopic (exact) mass is 407 g/mol. The van der Waals surface area contributed by atoms with Crippen LogP contribution in [0, 0.1) is 11.6 Å². The van der Waals surface area contributed by atoms with Crippen molar-refractivity contribution in [3.8, 4) is 23.0 Å². The van der Waals surface area contributed by atoms with E-state index in [-0.39, 0.29) is 24.6 Å². The van der Waals surface area contributed by atoms with E-state index < -0.39 is 11.6 Å². The summed E-state index contributed by atoms with van der Waals surface area (Å²) in [6.07, 6.45) is 0. The summed E-state index contributed by atoms with van der Waals surface area (Å²) < 4.78 is 43.8. The van der Waals surface area contributed by atoms with Gasteiger partial charge in [0.15, 0.2) is 5.75 Å². The lowest BCUT2D eigenvalue weighted by Crippen LogP contribution is -2.01. The lowest BCUT2D eigenvalue weighted by molar-refractivity contribution is 0.292. The highest BCUT2D eigenvalue weighted by molar-refractivity contribution is 5.85. The Morgan fingerprint density at radius 3 is 2.04 bits per heavy atom. The fourth-order valence-corrected chi connectivity index (χ4v) is 2.43. The standard InChI is InChI=1S/C21H19F2NO3.ClH/c1-2-25-16-10-11-21(20(24)12-16)27-15-8-6-14(7-9-15)26-13-17-18(22)4-3-5-19(17)23;/h3-12H,2,13,24H2,1H3;1H. The van der Waals surface area contributed by atoms with E-state index in [0.29, 0.717) is 35.3 Å². The number of nitrogens with two attached hydrogens (primary N) is 1. The molecule has 7 heteroatoms. The molecule has 3 rings (SSSR count). The van der Waals surface area contributed by atoms with Crippen LogP contribution in [0.2, 0.25) is 0 Å². The molecule has 0 bridgehead atoms. The normalized spacial score (nSPS) is 10.1. The lowest BCUT2D eigenvalue weighted by Gasteiger charge is -2.12. The van der Waals surface area contributed by atoms with Crippen molar-refractivity contribution in [1.82, 2.24) is 0 Å². The van der Waals surface area contributed by atoms with E-state index in [9.17, 15) is 8.78 Å². The topological polar surface area (TPSA) is 53.7 Å². The van der Waals surface area contributed by atoms with Gasteiger partial charge < -0.3 is 19.9 Å². The summed E-state index contributed by atoms with van der Waals surface area (Å²) in [4.78, 5) is 0. The first kappa shape index (κ1) is 21.3. The number of ether oxygens (including phenoxy) is 3.